The van der Waals surface area contributed by atoms with Crippen molar-refractivity contribution >= 4 is 39.9 Å². The minimum Gasteiger partial charge on any atom is -0.358 e. The second-order valence-electron chi connectivity index (χ2n) is 7.42. The van der Waals surface area contributed by atoms with Crippen LogP contribution in [0.3, 0.4) is 0 Å². The van der Waals surface area contributed by atoms with Crippen molar-refractivity contribution in [1.29, 1.82) is 0 Å². The molecule has 5 nitrogen and oxygen atoms in total. The number of aromatic nitrogens is 2. The van der Waals surface area contributed by atoms with Crippen LogP contribution in [0.1, 0.15) is 24.4 Å². The number of nitrogens with zero attached hydrogens (tertiary/aromatic N) is 2. The molecule has 1 aliphatic heterocycles. The zero-order chi connectivity index (χ0) is 19.5. The third-order valence-electron chi connectivity index (χ3n) is 5.46. The summed E-state index contributed by atoms with van der Waals surface area (Å²) in [6, 6.07) is 8.57. The van der Waals surface area contributed by atoms with E-state index < -0.39 is 11.4 Å². The number of hydrogen-bond donors (Lipinski definition) is 2. The van der Waals surface area contributed by atoms with E-state index in [-0.39, 0.29) is 16.6 Å². The van der Waals surface area contributed by atoms with Gasteiger partial charge in [-0.2, -0.15) is 0 Å². The summed E-state index contributed by atoms with van der Waals surface area (Å²) in [6.07, 6.45) is 3.87. The molecule has 1 saturated carbocycles. The zero-order valence-electron chi connectivity index (χ0n) is 14.8. The number of nitrogens with one attached hydrogen (secondary N) is 2. The minimum atomic E-state index is -0.781. The summed E-state index contributed by atoms with van der Waals surface area (Å²) >= 11 is 12.5. The number of pyridine rings is 2. The third-order valence-corrected chi connectivity index (χ3v) is 6.27. The fourth-order valence-corrected chi connectivity index (χ4v) is 4.24. The van der Waals surface area contributed by atoms with Crippen molar-refractivity contribution < 1.29 is 4.39 Å². The number of halogens is 3. The summed E-state index contributed by atoms with van der Waals surface area (Å²) in [6.45, 7) is 0.926. The Bertz CT molecular complexity index is 1150. The summed E-state index contributed by atoms with van der Waals surface area (Å²) in [5.41, 5.74) is -0.168. The highest BCUT2D eigenvalue weighted by Gasteiger charge is 2.43. The Balaban J connectivity index is 1.58. The molecule has 2 fully saturated rings. The first-order valence-corrected chi connectivity index (χ1v) is 9.89. The predicted molar refractivity (Wildman–Crippen MR) is 109 cm³/mol. The Labute approximate surface area is 170 Å². The highest BCUT2D eigenvalue weighted by atomic mass is 35.5. The lowest BCUT2D eigenvalue weighted by Gasteiger charge is -2.44. The fourth-order valence-electron chi connectivity index (χ4n) is 3.75. The molecule has 2 aliphatic rings. The fraction of sp³-hybridized carbons (Fsp3) is 0.300. The summed E-state index contributed by atoms with van der Waals surface area (Å²) in [5, 5.41) is 7.71. The van der Waals surface area contributed by atoms with Crippen LogP contribution >= 0.6 is 23.2 Å². The molecule has 8 heteroatoms. The van der Waals surface area contributed by atoms with E-state index in [1.807, 2.05) is 18.3 Å². The quantitative estimate of drug-likeness (QED) is 0.626. The summed E-state index contributed by atoms with van der Waals surface area (Å²) in [7, 11) is 0. The van der Waals surface area contributed by atoms with Crippen molar-refractivity contribution in [3.8, 4) is 0 Å². The monoisotopic (exact) mass is 418 g/mol. The van der Waals surface area contributed by atoms with Gasteiger partial charge < -0.3 is 15.2 Å². The van der Waals surface area contributed by atoms with E-state index in [4.69, 9.17) is 23.2 Å². The van der Waals surface area contributed by atoms with E-state index in [1.165, 1.54) is 12.1 Å². The first-order chi connectivity index (χ1) is 13.5. The molecule has 0 radical (unpaired) electrons. The van der Waals surface area contributed by atoms with Gasteiger partial charge in [-0.25, -0.2) is 9.37 Å². The zero-order valence-corrected chi connectivity index (χ0v) is 16.3. The normalized spacial score (nSPS) is 18.1. The van der Waals surface area contributed by atoms with Crippen LogP contribution in [-0.4, -0.2) is 22.6 Å². The Morgan fingerprint density at radius 2 is 1.96 bits per heavy atom. The van der Waals surface area contributed by atoms with Gasteiger partial charge in [-0.1, -0.05) is 23.2 Å². The van der Waals surface area contributed by atoms with E-state index >= 15 is 0 Å². The second-order valence-corrected chi connectivity index (χ2v) is 8.21. The van der Waals surface area contributed by atoms with Crippen LogP contribution in [-0.2, 0) is 5.54 Å². The maximum absolute atomic E-state index is 14.6. The van der Waals surface area contributed by atoms with Crippen molar-refractivity contribution in [2.24, 2.45) is 0 Å². The molecular weight excluding hydrogens is 402 g/mol. The number of fused-ring (bicyclic) bond motifs is 1. The van der Waals surface area contributed by atoms with Crippen LogP contribution in [0.15, 0.2) is 41.3 Å². The van der Waals surface area contributed by atoms with Crippen molar-refractivity contribution in [3.63, 3.8) is 0 Å². The van der Waals surface area contributed by atoms with Gasteiger partial charge in [0.2, 0.25) is 0 Å². The van der Waals surface area contributed by atoms with Gasteiger partial charge in [-0.3, -0.25) is 4.79 Å². The first-order valence-electron chi connectivity index (χ1n) is 9.13. The standard InChI is InChI=1S/C20H17Cl2FN4O/c21-13-4-5-14(23)16(17(13)22)20(9-24-10-20)26-15-6-1-11-7-8-27(12-2-3-12)19(28)18(11)25-15/h1,4-8,12,24H,2-3,9-10H2,(H,25,26). The lowest BCUT2D eigenvalue weighted by molar-refractivity contribution is 0.306. The van der Waals surface area contributed by atoms with E-state index in [0.29, 0.717) is 35.0 Å². The Morgan fingerprint density at radius 3 is 2.64 bits per heavy atom. The van der Waals surface area contributed by atoms with Gasteiger partial charge in [0.15, 0.2) is 0 Å². The minimum absolute atomic E-state index is 0.101. The molecule has 0 amide bonds. The molecule has 3 aromatic rings. The van der Waals surface area contributed by atoms with Crippen molar-refractivity contribution in [1.82, 2.24) is 14.9 Å². The van der Waals surface area contributed by atoms with E-state index in [2.05, 4.69) is 15.6 Å². The van der Waals surface area contributed by atoms with Crippen LogP contribution in [0, 0.1) is 5.82 Å². The largest absolute Gasteiger partial charge is 0.358 e. The average Bonchev–Trinajstić information content (AvgIpc) is 3.48. The molecule has 1 saturated heterocycles. The molecule has 28 heavy (non-hydrogen) atoms. The molecule has 3 heterocycles. The molecule has 1 aromatic carbocycles. The van der Waals surface area contributed by atoms with Gasteiger partial charge in [0, 0.05) is 36.3 Å². The molecule has 0 bridgehead atoms. The molecule has 0 spiro atoms. The van der Waals surface area contributed by atoms with E-state index in [0.717, 1.165) is 18.2 Å². The molecule has 2 aromatic heterocycles. The van der Waals surface area contributed by atoms with Gasteiger partial charge in [0.1, 0.15) is 17.2 Å². The molecule has 0 atom stereocenters. The number of anilines is 1. The van der Waals surface area contributed by atoms with Gasteiger partial charge in [-0.15, -0.1) is 0 Å². The van der Waals surface area contributed by atoms with Gasteiger partial charge in [0.05, 0.1) is 15.6 Å². The lowest BCUT2D eigenvalue weighted by Crippen LogP contribution is -2.62. The van der Waals surface area contributed by atoms with Gasteiger partial charge in [0.25, 0.3) is 5.56 Å². The third kappa shape index (κ3) is 2.79. The Morgan fingerprint density at radius 1 is 1.18 bits per heavy atom. The molecule has 5 rings (SSSR count). The summed E-state index contributed by atoms with van der Waals surface area (Å²) < 4.78 is 16.4. The lowest BCUT2D eigenvalue weighted by atomic mass is 9.83. The maximum atomic E-state index is 14.6. The van der Waals surface area contributed by atoms with E-state index in [9.17, 15) is 9.18 Å². The van der Waals surface area contributed by atoms with Gasteiger partial charge in [-0.05, 0) is 43.2 Å². The highest BCUT2D eigenvalue weighted by Crippen LogP contribution is 2.39. The average molecular weight is 419 g/mol. The number of rotatable bonds is 4. The van der Waals surface area contributed by atoms with E-state index in [1.54, 1.807) is 10.6 Å². The van der Waals surface area contributed by atoms with Crippen LogP contribution in [0.25, 0.3) is 10.9 Å². The first kappa shape index (κ1) is 17.9. The van der Waals surface area contributed by atoms with Crippen LogP contribution < -0.4 is 16.2 Å². The summed E-state index contributed by atoms with van der Waals surface area (Å²) in [4.78, 5) is 17.3. The van der Waals surface area contributed by atoms with Gasteiger partial charge >= 0.3 is 0 Å². The Hall–Kier alpha value is -2.15. The molecular formula is C20H17Cl2FN4O. The van der Waals surface area contributed by atoms with Crippen molar-refractivity contribution in [2.45, 2.75) is 24.4 Å². The summed E-state index contributed by atoms with van der Waals surface area (Å²) in [5.74, 6) is 0.0652. The molecule has 144 valence electrons. The smallest absolute Gasteiger partial charge is 0.277 e. The van der Waals surface area contributed by atoms with Crippen molar-refractivity contribution in [2.75, 3.05) is 18.4 Å². The van der Waals surface area contributed by atoms with Crippen LogP contribution in [0.4, 0.5) is 10.2 Å². The second kappa shape index (κ2) is 6.44. The molecule has 2 N–H and O–H groups in total. The van der Waals surface area contributed by atoms with Crippen molar-refractivity contribution in [3.05, 3.63) is 68.3 Å². The number of hydrogen-bond acceptors (Lipinski definition) is 4. The maximum Gasteiger partial charge on any atom is 0.277 e. The highest BCUT2D eigenvalue weighted by molar-refractivity contribution is 6.42. The predicted octanol–water partition coefficient (Wildman–Crippen LogP) is 4.09. The molecule has 0 unspecified atom stereocenters. The topological polar surface area (TPSA) is 59.0 Å². The number of benzene rings is 1. The Kier molecular flexibility index (Phi) is 4.12. The molecule has 1 aliphatic carbocycles. The van der Waals surface area contributed by atoms with Crippen LogP contribution in [0.5, 0.6) is 0 Å². The SMILES string of the molecule is O=c1c2nc(NC3(c4c(F)ccc(Cl)c4Cl)CNC3)ccc2ccn1C1CC1. The van der Waals surface area contributed by atoms with Crippen LogP contribution in [0.2, 0.25) is 10.0 Å².